The van der Waals surface area contributed by atoms with Gasteiger partial charge in [0.05, 0.1) is 17.1 Å². The van der Waals surface area contributed by atoms with Gasteiger partial charge in [-0.2, -0.15) is 0 Å². The van der Waals surface area contributed by atoms with Gasteiger partial charge in [0, 0.05) is 11.3 Å². The van der Waals surface area contributed by atoms with Crippen molar-refractivity contribution in [1.82, 2.24) is 0 Å². The number of anilines is 1. The fourth-order valence-electron chi connectivity index (χ4n) is 2.55. The number of thiophene rings is 1. The molecule has 0 unspecified atom stereocenters. The Morgan fingerprint density at radius 3 is 2.42 bits per heavy atom. The summed E-state index contributed by atoms with van der Waals surface area (Å²) >= 11 is 1.29. The van der Waals surface area contributed by atoms with Crippen molar-refractivity contribution in [3.05, 3.63) is 51.9 Å². The minimum atomic E-state index is -3.28. The number of carbonyl (C=O) groups excluding carboxylic acids is 2. The highest BCUT2D eigenvalue weighted by molar-refractivity contribution is 7.90. The highest BCUT2D eigenvalue weighted by atomic mass is 32.2. The van der Waals surface area contributed by atoms with Gasteiger partial charge >= 0.3 is 0 Å². The molecule has 2 amide bonds. The molecule has 0 spiro atoms. The molecule has 8 heteroatoms. The summed E-state index contributed by atoms with van der Waals surface area (Å²) in [4.78, 5) is 24.6. The van der Waals surface area contributed by atoms with Crippen LogP contribution in [0.25, 0.3) is 0 Å². The molecular formula is C18H22N2O4S2. The van der Waals surface area contributed by atoms with Crippen molar-refractivity contribution < 1.29 is 18.0 Å². The first-order chi connectivity index (χ1) is 12.2. The summed E-state index contributed by atoms with van der Waals surface area (Å²) in [6.45, 7) is 3.62. The van der Waals surface area contributed by atoms with Gasteiger partial charge in [-0.25, -0.2) is 8.42 Å². The second-order valence-electron chi connectivity index (χ2n) is 6.08. The molecule has 0 aliphatic rings. The molecule has 0 saturated carbocycles. The SMILES string of the molecule is Cc1sc(NC(=O)CCCS(=O)(=O)Cc2ccccc2)c(C(N)=O)c1C. The van der Waals surface area contributed by atoms with Crippen molar-refractivity contribution in [2.24, 2.45) is 5.73 Å². The van der Waals surface area contributed by atoms with Crippen molar-refractivity contribution in [3.8, 4) is 0 Å². The Bertz CT molecular complexity index is 903. The number of amides is 2. The third kappa shape index (κ3) is 5.40. The maximum Gasteiger partial charge on any atom is 0.251 e. The largest absolute Gasteiger partial charge is 0.365 e. The zero-order chi connectivity index (χ0) is 19.3. The van der Waals surface area contributed by atoms with Crippen LogP contribution in [0.1, 0.15) is 39.2 Å². The summed E-state index contributed by atoms with van der Waals surface area (Å²) in [7, 11) is -3.28. The van der Waals surface area contributed by atoms with Crippen molar-refractivity contribution >= 4 is 38.0 Å². The average Bonchev–Trinajstić information content (AvgIpc) is 2.81. The van der Waals surface area contributed by atoms with E-state index in [0.717, 1.165) is 16.0 Å². The molecule has 1 heterocycles. The lowest BCUT2D eigenvalue weighted by molar-refractivity contribution is -0.116. The quantitative estimate of drug-likeness (QED) is 0.718. The molecule has 0 atom stereocenters. The number of carbonyl (C=O) groups is 2. The number of sulfone groups is 1. The van der Waals surface area contributed by atoms with Crippen LogP contribution in [0.5, 0.6) is 0 Å². The lowest BCUT2D eigenvalue weighted by Gasteiger charge is -2.06. The van der Waals surface area contributed by atoms with E-state index < -0.39 is 15.7 Å². The third-order valence-electron chi connectivity index (χ3n) is 3.97. The minimum absolute atomic E-state index is 0.0371. The molecular weight excluding hydrogens is 372 g/mol. The third-order valence-corrected chi connectivity index (χ3v) is 6.78. The second-order valence-corrected chi connectivity index (χ2v) is 9.49. The van der Waals surface area contributed by atoms with Gasteiger partial charge in [0.15, 0.2) is 9.84 Å². The predicted octanol–water partition coefficient (Wildman–Crippen LogP) is 2.80. The topological polar surface area (TPSA) is 106 Å². The Kier molecular flexibility index (Phi) is 6.55. The van der Waals surface area contributed by atoms with Crippen molar-refractivity contribution in [2.45, 2.75) is 32.4 Å². The minimum Gasteiger partial charge on any atom is -0.365 e. The van der Waals surface area contributed by atoms with E-state index in [1.54, 1.807) is 31.2 Å². The molecule has 0 radical (unpaired) electrons. The van der Waals surface area contributed by atoms with Gasteiger partial charge in [0.1, 0.15) is 5.00 Å². The molecule has 0 aliphatic heterocycles. The van der Waals surface area contributed by atoms with Crippen LogP contribution in [0.4, 0.5) is 5.00 Å². The van der Waals surface area contributed by atoms with Gasteiger partial charge in [0.25, 0.3) is 5.91 Å². The number of hydrogen-bond acceptors (Lipinski definition) is 5. The molecule has 2 aromatic rings. The summed E-state index contributed by atoms with van der Waals surface area (Å²) in [6, 6.07) is 8.93. The van der Waals surface area contributed by atoms with Crippen molar-refractivity contribution in [1.29, 1.82) is 0 Å². The number of hydrogen-bond donors (Lipinski definition) is 2. The highest BCUT2D eigenvalue weighted by Gasteiger charge is 2.19. The molecule has 140 valence electrons. The number of nitrogens with two attached hydrogens (primary N) is 1. The van der Waals surface area contributed by atoms with Crippen molar-refractivity contribution in [2.75, 3.05) is 11.1 Å². The monoisotopic (exact) mass is 394 g/mol. The van der Waals surface area contributed by atoms with Crippen LogP contribution in [-0.2, 0) is 20.4 Å². The molecule has 3 N–H and O–H groups in total. The van der Waals surface area contributed by atoms with Crippen molar-refractivity contribution in [3.63, 3.8) is 0 Å². The molecule has 26 heavy (non-hydrogen) atoms. The molecule has 0 bridgehead atoms. The van der Waals surface area contributed by atoms with Gasteiger partial charge in [-0.3, -0.25) is 9.59 Å². The Hall–Kier alpha value is -2.19. The molecule has 0 fully saturated rings. The number of primary amides is 1. The Labute approximate surface area is 157 Å². The highest BCUT2D eigenvalue weighted by Crippen LogP contribution is 2.32. The molecule has 0 saturated heterocycles. The predicted molar refractivity (Wildman–Crippen MR) is 104 cm³/mol. The van der Waals surface area contributed by atoms with E-state index in [-0.39, 0.29) is 30.3 Å². The van der Waals surface area contributed by atoms with Crippen LogP contribution in [0, 0.1) is 13.8 Å². The van der Waals surface area contributed by atoms with Crippen LogP contribution in [0.2, 0.25) is 0 Å². The standard InChI is InChI=1S/C18H22N2O4S2/c1-12-13(2)25-18(16(12)17(19)22)20-15(21)9-6-10-26(23,24)11-14-7-4-3-5-8-14/h3-5,7-8H,6,9-11H2,1-2H3,(H2,19,22)(H,20,21). The number of rotatable bonds is 8. The molecule has 6 nitrogen and oxygen atoms in total. The fourth-order valence-corrected chi connectivity index (χ4v) is 5.06. The van der Waals surface area contributed by atoms with E-state index in [1.165, 1.54) is 11.3 Å². The first-order valence-electron chi connectivity index (χ1n) is 8.13. The average molecular weight is 395 g/mol. The maximum absolute atomic E-state index is 12.1. The first-order valence-corrected chi connectivity index (χ1v) is 10.8. The van der Waals surface area contributed by atoms with Crippen LogP contribution < -0.4 is 11.1 Å². The number of nitrogens with one attached hydrogen (secondary N) is 1. The van der Waals surface area contributed by atoms with Crippen LogP contribution in [0.3, 0.4) is 0 Å². The van der Waals surface area contributed by atoms with Gasteiger partial charge in [0.2, 0.25) is 5.91 Å². The van der Waals surface area contributed by atoms with Gasteiger partial charge in [-0.1, -0.05) is 30.3 Å². The van der Waals surface area contributed by atoms with E-state index in [1.807, 2.05) is 13.0 Å². The van der Waals surface area contributed by atoms with E-state index in [4.69, 9.17) is 5.73 Å². The van der Waals surface area contributed by atoms with Gasteiger partial charge < -0.3 is 11.1 Å². The van der Waals surface area contributed by atoms with Crippen LogP contribution in [0.15, 0.2) is 30.3 Å². The normalized spacial score (nSPS) is 11.3. The zero-order valence-electron chi connectivity index (χ0n) is 14.7. The Balaban J connectivity index is 1.90. The van der Waals surface area contributed by atoms with Crippen LogP contribution >= 0.6 is 11.3 Å². The Morgan fingerprint density at radius 1 is 1.15 bits per heavy atom. The molecule has 2 rings (SSSR count). The fraction of sp³-hybridized carbons (Fsp3) is 0.333. The number of benzene rings is 1. The summed E-state index contributed by atoms with van der Waals surface area (Å²) in [5.74, 6) is -1.03. The molecule has 1 aromatic carbocycles. The van der Waals surface area contributed by atoms with E-state index in [2.05, 4.69) is 5.32 Å². The lowest BCUT2D eigenvalue weighted by Crippen LogP contribution is -2.18. The molecule has 1 aromatic heterocycles. The van der Waals surface area contributed by atoms with Gasteiger partial charge in [-0.05, 0) is 31.4 Å². The number of aryl methyl sites for hydroxylation is 1. The smallest absolute Gasteiger partial charge is 0.251 e. The maximum atomic E-state index is 12.1. The van der Waals surface area contributed by atoms with E-state index in [9.17, 15) is 18.0 Å². The van der Waals surface area contributed by atoms with E-state index >= 15 is 0 Å². The van der Waals surface area contributed by atoms with Crippen LogP contribution in [-0.4, -0.2) is 26.0 Å². The van der Waals surface area contributed by atoms with E-state index in [0.29, 0.717) is 10.6 Å². The Morgan fingerprint density at radius 2 is 1.81 bits per heavy atom. The zero-order valence-corrected chi connectivity index (χ0v) is 16.4. The lowest BCUT2D eigenvalue weighted by atomic mass is 10.1. The summed E-state index contributed by atoms with van der Waals surface area (Å²) in [6.07, 6.45) is 0.276. The summed E-state index contributed by atoms with van der Waals surface area (Å²) in [5.41, 5.74) is 7.17. The van der Waals surface area contributed by atoms with Gasteiger partial charge in [-0.15, -0.1) is 11.3 Å². The second kappa shape index (κ2) is 8.46. The summed E-state index contributed by atoms with van der Waals surface area (Å²) < 4.78 is 24.3. The molecule has 0 aliphatic carbocycles. The first kappa shape index (κ1) is 20.1. The summed E-state index contributed by atoms with van der Waals surface area (Å²) in [5, 5.41) is 3.09.